The number of rotatable bonds is 3. The normalized spacial score (nSPS) is 15.2. The lowest BCUT2D eigenvalue weighted by atomic mass is 10.1. The fourth-order valence-corrected chi connectivity index (χ4v) is 4.00. The Morgan fingerprint density at radius 1 is 0.839 bits per heavy atom. The largest absolute Gasteiger partial charge is 0.280 e. The molecule has 1 aliphatic heterocycles. The standard InChI is InChI=1S/C26H28N4O/c1-15-8-11-25(18(4)12-15)29-21(7)23(19(5)27-29)14-24-20(6)28-30(26(24)31)22-10-9-16(2)17(3)13-22/h8-14H,1-7H3/b24-14-. The van der Waals surface area contributed by atoms with Crippen LogP contribution in [0.25, 0.3) is 11.8 Å². The van der Waals surface area contributed by atoms with Gasteiger partial charge in [-0.15, -0.1) is 0 Å². The molecule has 3 aromatic rings. The van der Waals surface area contributed by atoms with Crippen LogP contribution in [0.4, 0.5) is 5.69 Å². The maximum atomic E-state index is 13.2. The van der Waals surface area contributed by atoms with Crippen LogP contribution in [0.3, 0.4) is 0 Å². The highest BCUT2D eigenvalue weighted by atomic mass is 16.2. The van der Waals surface area contributed by atoms with Crippen LogP contribution in [0.2, 0.25) is 0 Å². The van der Waals surface area contributed by atoms with Gasteiger partial charge in [0.15, 0.2) is 0 Å². The quantitative estimate of drug-likeness (QED) is 0.531. The number of hydrogen-bond donors (Lipinski definition) is 0. The minimum Gasteiger partial charge on any atom is -0.267 e. The number of carbonyl (C=O) groups excluding carboxylic acids is 1. The van der Waals surface area contributed by atoms with Gasteiger partial charge in [-0.2, -0.15) is 15.2 Å². The summed E-state index contributed by atoms with van der Waals surface area (Å²) >= 11 is 0. The maximum Gasteiger partial charge on any atom is 0.280 e. The van der Waals surface area contributed by atoms with Crippen molar-refractivity contribution >= 4 is 23.4 Å². The van der Waals surface area contributed by atoms with Gasteiger partial charge < -0.3 is 0 Å². The Bertz CT molecular complexity index is 1280. The van der Waals surface area contributed by atoms with Gasteiger partial charge in [0.05, 0.1) is 28.4 Å². The summed E-state index contributed by atoms with van der Waals surface area (Å²) in [6, 6.07) is 12.3. The van der Waals surface area contributed by atoms with Gasteiger partial charge in [-0.05, 0) is 89.4 Å². The molecule has 1 aliphatic rings. The Morgan fingerprint density at radius 2 is 1.58 bits per heavy atom. The molecule has 5 nitrogen and oxygen atoms in total. The number of benzene rings is 2. The molecule has 0 atom stereocenters. The second kappa shape index (κ2) is 7.65. The zero-order chi connectivity index (χ0) is 22.4. The van der Waals surface area contributed by atoms with Crippen LogP contribution in [-0.4, -0.2) is 21.4 Å². The molecule has 0 unspecified atom stereocenters. The lowest BCUT2D eigenvalue weighted by Crippen LogP contribution is -2.21. The summed E-state index contributed by atoms with van der Waals surface area (Å²) in [5, 5.41) is 10.8. The molecule has 0 N–H and O–H groups in total. The highest BCUT2D eigenvalue weighted by molar-refractivity contribution is 6.32. The summed E-state index contributed by atoms with van der Waals surface area (Å²) in [7, 11) is 0. The van der Waals surface area contributed by atoms with E-state index in [0.717, 1.165) is 33.9 Å². The number of amides is 1. The average Bonchev–Trinajstić information content (AvgIpc) is 3.15. The molecule has 4 rings (SSSR count). The molecule has 1 amide bonds. The molecule has 0 spiro atoms. The minimum absolute atomic E-state index is 0.112. The van der Waals surface area contributed by atoms with Crippen LogP contribution < -0.4 is 5.01 Å². The third-order valence-electron chi connectivity index (χ3n) is 6.01. The van der Waals surface area contributed by atoms with Gasteiger partial charge in [0, 0.05) is 11.3 Å². The minimum atomic E-state index is -0.112. The SMILES string of the molecule is CC1=NN(c2ccc(C)c(C)c2)C(=O)/C1=C\c1c(C)nn(-c2ccc(C)cc2C)c1C. The van der Waals surface area contributed by atoms with E-state index >= 15 is 0 Å². The van der Waals surface area contributed by atoms with Crippen molar-refractivity contribution in [1.82, 2.24) is 9.78 Å². The molecule has 0 saturated carbocycles. The lowest BCUT2D eigenvalue weighted by Gasteiger charge is -2.13. The first-order valence-electron chi connectivity index (χ1n) is 10.5. The Hall–Kier alpha value is -3.47. The van der Waals surface area contributed by atoms with Crippen molar-refractivity contribution < 1.29 is 4.79 Å². The van der Waals surface area contributed by atoms with E-state index < -0.39 is 0 Å². The second-order valence-corrected chi connectivity index (χ2v) is 8.42. The monoisotopic (exact) mass is 412 g/mol. The van der Waals surface area contributed by atoms with Gasteiger partial charge in [-0.25, -0.2) is 4.68 Å². The van der Waals surface area contributed by atoms with Crippen molar-refractivity contribution in [2.75, 3.05) is 5.01 Å². The van der Waals surface area contributed by atoms with Gasteiger partial charge in [0.2, 0.25) is 0 Å². The smallest absolute Gasteiger partial charge is 0.267 e. The second-order valence-electron chi connectivity index (χ2n) is 8.42. The molecule has 0 fully saturated rings. The number of nitrogens with zero attached hydrogens (tertiary/aromatic N) is 4. The molecule has 158 valence electrons. The Morgan fingerprint density at radius 3 is 2.26 bits per heavy atom. The summed E-state index contributed by atoms with van der Waals surface area (Å²) in [4.78, 5) is 13.2. The predicted molar refractivity (Wildman–Crippen MR) is 127 cm³/mol. The van der Waals surface area contributed by atoms with Crippen molar-refractivity contribution in [2.45, 2.75) is 48.5 Å². The molecule has 0 aliphatic carbocycles. The first-order chi connectivity index (χ1) is 14.7. The summed E-state index contributed by atoms with van der Waals surface area (Å²) in [5.74, 6) is -0.112. The first-order valence-corrected chi connectivity index (χ1v) is 10.5. The van der Waals surface area contributed by atoms with E-state index in [1.807, 2.05) is 56.7 Å². The van der Waals surface area contributed by atoms with Gasteiger partial charge in [0.25, 0.3) is 5.91 Å². The number of aryl methyl sites for hydroxylation is 5. The Kier molecular flexibility index (Phi) is 5.13. The molecule has 0 saturated heterocycles. The molecule has 5 heteroatoms. The van der Waals surface area contributed by atoms with Crippen molar-refractivity contribution in [3.8, 4) is 5.69 Å². The van der Waals surface area contributed by atoms with E-state index in [9.17, 15) is 4.79 Å². The number of hydrazone groups is 1. The fraction of sp³-hybridized carbons (Fsp3) is 0.269. The number of carbonyl (C=O) groups is 1. The van der Waals surface area contributed by atoms with Crippen molar-refractivity contribution in [3.63, 3.8) is 0 Å². The zero-order valence-corrected chi connectivity index (χ0v) is 19.2. The third kappa shape index (κ3) is 3.61. The number of hydrogen-bond acceptors (Lipinski definition) is 3. The average molecular weight is 413 g/mol. The molecule has 31 heavy (non-hydrogen) atoms. The summed E-state index contributed by atoms with van der Waals surface area (Å²) in [6.45, 7) is 14.2. The van der Waals surface area contributed by atoms with Gasteiger partial charge in [-0.3, -0.25) is 4.79 Å². The van der Waals surface area contributed by atoms with E-state index in [-0.39, 0.29) is 5.91 Å². The number of aromatic nitrogens is 2. The third-order valence-corrected chi connectivity index (χ3v) is 6.01. The number of anilines is 1. The van der Waals surface area contributed by atoms with Gasteiger partial charge in [0.1, 0.15) is 0 Å². The molecular formula is C26H28N4O. The molecule has 0 radical (unpaired) electrons. The maximum absolute atomic E-state index is 13.2. The van der Waals surface area contributed by atoms with Crippen LogP contribution in [0, 0.1) is 41.5 Å². The molecule has 2 aromatic carbocycles. The summed E-state index contributed by atoms with van der Waals surface area (Å²) in [6.07, 6.45) is 1.93. The van der Waals surface area contributed by atoms with E-state index in [2.05, 4.69) is 44.1 Å². The van der Waals surface area contributed by atoms with Crippen molar-refractivity contribution in [3.05, 3.63) is 81.2 Å². The Labute approximate surface area is 183 Å². The van der Waals surface area contributed by atoms with Crippen LogP contribution in [-0.2, 0) is 4.79 Å². The van der Waals surface area contributed by atoms with Crippen LogP contribution in [0.5, 0.6) is 0 Å². The van der Waals surface area contributed by atoms with Crippen LogP contribution in [0.1, 0.15) is 46.1 Å². The van der Waals surface area contributed by atoms with Crippen molar-refractivity contribution in [1.29, 1.82) is 0 Å². The van der Waals surface area contributed by atoms with Gasteiger partial charge in [-0.1, -0.05) is 23.8 Å². The van der Waals surface area contributed by atoms with E-state index in [0.29, 0.717) is 11.3 Å². The topological polar surface area (TPSA) is 50.5 Å². The van der Waals surface area contributed by atoms with E-state index in [1.54, 1.807) is 0 Å². The highest BCUT2D eigenvalue weighted by Gasteiger charge is 2.29. The van der Waals surface area contributed by atoms with Crippen LogP contribution >= 0.6 is 0 Å². The summed E-state index contributed by atoms with van der Waals surface area (Å²) < 4.78 is 1.96. The van der Waals surface area contributed by atoms with E-state index in [1.165, 1.54) is 21.7 Å². The molecule has 2 heterocycles. The fourth-order valence-electron chi connectivity index (χ4n) is 4.00. The molecular weight excluding hydrogens is 384 g/mol. The van der Waals surface area contributed by atoms with Crippen LogP contribution in [0.15, 0.2) is 47.1 Å². The predicted octanol–water partition coefficient (Wildman–Crippen LogP) is 5.53. The summed E-state index contributed by atoms with van der Waals surface area (Å²) in [5.41, 5.74) is 10.7. The van der Waals surface area contributed by atoms with Crippen molar-refractivity contribution in [2.24, 2.45) is 5.10 Å². The Balaban J connectivity index is 1.74. The highest BCUT2D eigenvalue weighted by Crippen LogP contribution is 2.29. The van der Waals surface area contributed by atoms with Gasteiger partial charge >= 0.3 is 0 Å². The molecule has 1 aromatic heterocycles. The first kappa shape index (κ1) is 20.8. The molecule has 0 bridgehead atoms. The van der Waals surface area contributed by atoms with E-state index in [4.69, 9.17) is 5.10 Å². The zero-order valence-electron chi connectivity index (χ0n) is 19.2. The lowest BCUT2D eigenvalue weighted by molar-refractivity contribution is -0.114.